The molecule has 0 atom stereocenters. The van der Waals surface area contributed by atoms with Gasteiger partial charge in [0.2, 0.25) is 11.9 Å². The Bertz CT molecular complexity index is 1040. The van der Waals surface area contributed by atoms with E-state index in [1.807, 2.05) is 0 Å². The standard InChI is InChI=1S/C21H16F2N4O2/c22-17-7-5-15(6-8-17)14-1-3-16(4-2-14)20(29)26-9-10-27(19(28)13-26)21-24-11-18(23)12-25-21/h1-8,11-12H,9-10,13H2. The van der Waals surface area contributed by atoms with Gasteiger partial charge in [-0.15, -0.1) is 0 Å². The average molecular weight is 394 g/mol. The summed E-state index contributed by atoms with van der Waals surface area (Å²) < 4.78 is 26.0. The fourth-order valence-electron chi connectivity index (χ4n) is 3.13. The number of halogens is 2. The Labute approximate surface area is 165 Å². The second kappa shape index (κ2) is 7.75. The van der Waals surface area contributed by atoms with Crippen LogP contribution in [-0.2, 0) is 4.79 Å². The van der Waals surface area contributed by atoms with Crippen molar-refractivity contribution >= 4 is 17.8 Å². The molecule has 1 fully saturated rings. The van der Waals surface area contributed by atoms with Crippen molar-refractivity contribution in [3.63, 3.8) is 0 Å². The molecular weight excluding hydrogens is 378 g/mol. The summed E-state index contributed by atoms with van der Waals surface area (Å²) in [5, 5.41) is 0. The monoisotopic (exact) mass is 394 g/mol. The predicted octanol–water partition coefficient (Wildman–Crippen LogP) is 2.91. The largest absolute Gasteiger partial charge is 0.328 e. The predicted molar refractivity (Wildman–Crippen MR) is 102 cm³/mol. The third kappa shape index (κ3) is 3.96. The van der Waals surface area contributed by atoms with Crippen LogP contribution in [0.1, 0.15) is 10.4 Å². The molecule has 0 N–H and O–H groups in total. The van der Waals surface area contributed by atoms with E-state index in [0.29, 0.717) is 12.1 Å². The van der Waals surface area contributed by atoms with Gasteiger partial charge in [0, 0.05) is 18.7 Å². The molecule has 2 heterocycles. The van der Waals surface area contributed by atoms with E-state index < -0.39 is 5.82 Å². The highest BCUT2D eigenvalue weighted by Crippen LogP contribution is 2.21. The Morgan fingerprint density at radius 3 is 2.00 bits per heavy atom. The molecule has 3 aromatic rings. The molecule has 1 aliphatic rings. The minimum Gasteiger partial charge on any atom is -0.328 e. The van der Waals surface area contributed by atoms with Gasteiger partial charge < -0.3 is 4.90 Å². The number of hydrogen-bond donors (Lipinski definition) is 0. The number of amides is 2. The van der Waals surface area contributed by atoms with Crippen molar-refractivity contribution in [3.05, 3.63) is 78.1 Å². The van der Waals surface area contributed by atoms with E-state index in [4.69, 9.17) is 0 Å². The number of carbonyl (C=O) groups is 2. The zero-order chi connectivity index (χ0) is 20.4. The second-order valence-corrected chi connectivity index (χ2v) is 6.56. The molecule has 2 amide bonds. The summed E-state index contributed by atoms with van der Waals surface area (Å²) in [5.74, 6) is -1.37. The van der Waals surface area contributed by atoms with Gasteiger partial charge in [-0.3, -0.25) is 14.5 Å². The normalized spacial score (nSPS) is 14.2. The first-order chi connectivity index (χ1) is 14.0. The van der Waals surface area contributed by atoms with Crippen molar-refractivity contribution in [2.24, 2.45) is 0 Å². The minimum absolute atomic E-state index is 0.112. The van der Waals surface area contributed by atoms with Crippen LogP contribution in [0.25, 0.3) is 11.1 Å². The lowest BCUT2D eigenvalue weighted by Crippen LogP contribution is -2.52. The number of nitrogens with zero attached hydrogens (tertiary/aromatic N) is 4. The van der Waals surface area contributed by atoms with Gasteiger partial charge in [-0.2, -0.15) is 0 Å². The number of benzene rings is 2. The number of hydrogen-bond acceptors (Lipinski definition) is 4. The van der Waals surface area contributed by atoms with Gasteiger partial charge in [0.15, 0.2) is 5.82 Å². The van der Waals surface area contributed by atoms with Crippen LogP contribution in [0, 0.1) is 11.6 Å². The number of anilines is 1. The van der Waals surface area contributed by atoms with Crippen LogP contribution < -0.4 is 4.90 Å². The topological polar surface area (TPSA) is 66.4 Å². The maximum atomic E-state index is 13.1. The lowest BCUT2D eigenvalue weighted by Gasteiger charge is -2.33. The number of piperazine rings is 1. The minimum atomic E-state index is -0.584. The van der Waals surface area contributed by atoms with Gasteiger partial charge in [-0.1, -0.05) is 24.3 Å². The molecule has 0 unspecified atom stereocenters. The van der Waals surface area contributed by atoms with Gasteiger partial charge in [-0.25, -0.2) is 18.7 Å². The summed E-state index contributed by atoms with van der Waals surface area (Å²) in [6, 6.07) is 13.0. The summed E-state index contributed by atoms with van der Waals surface area (Å²) in [5.41, 5.74) is 2.15. The van der Waals surface area contributed by atoms with Crippen molar-refractivity contribution in [2.45, 2.75) is 0 Å². The summed E-state index contributed by atoms with van der Waals surface area (Å²) >= 11 is 0. The molecule has 0 radical (unpaired) electrons. The first kappa shape index (κ1) is 18.7. The van der Waals surface area contributed by atoms with Gasteiger partial charge in [0.1, 0.15) is 12.4 Å². The zero-order valence-electron chi connectivity index (χ0n) is 15.3. The van der Waals surface area contributed by atoms with E-state index in [2.05, 4.69) is 9.97 Å². The van der Waals surface area contributed by atoms with E-state index in [1.165, 1.54) is 21.9 Å². The van der Waals surface area contributed by atoms with Gasteiger partial charge in [0.05, 0.1) is 12.4 Å². The van der Waals surface area contributed by atoms with Crippen LogP contribution in [0.3, 0.4) is 0 Å². The molecule has 146 valence electrons. The molecule has 8 heteroatoms. The van der Waals surface area contributed by atoms with Crippen molar-refractivity contribution in [2.75, 3.05) is 24.5 Å². The van der Waals surface area contributed by atoms with Gasteiger partial charge in [0.25, 0.3) is 5.91 Å². The van der Waals surface area contributed by atoms with Crippen LogP contribution in [0.2, 0.25) is 0 Å². The molecule has 1 saturated heterocycles. The molecular formula is C21H16F2N4O2. The smallest absolute Gasteiger partial charge is 0.254 e. The maximum absolute atomic E-state index is 13.1. The van der Waals surface area contributed by atoms with Crippen LogP contribution in [0.15, 0.2) is 60.9 Å². The quantitative estimate of drug-likeness (QED) is 0.685. The van der Waals surface area contributed by atoms with Gasteiger partial charge in [-0.05, 0) is 35.4 Å². The number of rotatable bonds is 3. The molecule has 29 heavy (non-hydrogen) atoms. The molecule has 1 aliphatic heterocycles. The molecule has 6 nitrogen and oxygen atoms in total. The molecule has 1 aromatic heterocycles. The molecule has 4 rings (SSSR count). The second-order valence-electron chi connectivity index (χ2n) is 6.56. The van der Waals surface area contributed by atoms with Crippen LogP contribution in [0.4, 0.5) is 14.7 Å². The Hall–Kier alpha value is -3.68. The highest BCUT2D eigenvalue weighted by atomic mass is 19.1. The SMILES string of the molecule is O=C(c1ccc(-c2ccc(F)cc2)cc1)N1CCN(c2ncc(F)cn2)C(=O)C1. The van der Waals surface area contributed by atoms with E-state index >= 15 is 0 Å². The Kier molecular flexibility index (Phi) is 4.99. The summed E-state index contributed by atoms with van der Waals surface area (Å²) in [6.45, 7) is 0.425. The average Bonchev–Trinajstić information content (AvgIpc) is 2.75. The summed E-state index contributed by atoms with van der Waals surface area (Å²) in [4.78, 5) is 35.6. The highest BCUT2D eigenvalue weighted by molar-refractivity contribution is 6.01. The zero-order valence-corrected chi connectivity index (χ0v) is 15.3. The molecule has 0 spiro atoms. The molecule has 0 aliphatic carbocycles. The van der Waals surface area contributed by atoms with Crippen LogP contribution in [0.5, 0.6) is 0 Å². The lowest BCUT2D eigenvalue weighted by molar-refractivity contribution is -0.120. The van der Waals surface area contributed by atoms with E-state index in [-0.39, 0.29) is 36.7 Å². The van der Waals surface area contributed by atoms with Crippen molar-refractivity contribution in [3.8, 4) is 11.1 Å². The molecule has 0 bridgehead atoms. The maximum Gasteiger partial charge on any atom is 0.254 e. The van der Waals surface area contributed by atoms with Crippen LogP contribution in [-0.4, -0.2) is 46.3 Å². The van der Waals surface area contributed by atoms with E-state index in [0.717, 1.165) is 23.5 Å². The van der Waals surface area contributed by atoms with Gasteiger partial charge >= 0.3 is 0 Å². The fraction of sp³-hybridized carbons (Fsp3) is 0.143. The van der Waals surface area contributed by atoms with Crippen molar-refractivity contribution in [1.82, 2.24) is 14.9 Å². The third-order valence-electron chi connectivity index (χ3n) is 4.67. The lowest BCUT2D eigenvalue weighted by atomic mass is 10.0. The summed E-state index contributed by atoms with van der Waals surface area (Å²) in [7, 11) is 0. The van der Waals surface area contributed by atoms with Crippen molar-refractivity contribution in [1.29, 1.82) is 0 Å². The van der Waals surface area contributed by atoms with E-state index in [9.17, 15) is 18.4 Å². The number of carbonyl (C=O) groups excluding carboxylic acids is 2. The van der Waals surface area contributed by atoms with Crippen molar-refractivity contribution < 1.29 is 18.4 Å². The summed E-state index contributed by atoms with van der Waals surface area (Å²) in [6.07, 6.45) is 1.99. The number of aromatic nitrogens is 2. The highest BCUT2D eigenvalue weighted by Gasteiger charge is 2.29. The first-order valence-electron chi connectivity index (χ1n) is 8.94. The molecule has 2 aromatic carbocycles. The Morgan fingerprint density at radius 2 is 1.41 bits per heavy atom. The first-order valence-corrected chi connectivity index (χ1v) is 8.94. The Balaban J connectivity index is 1.44. The Morgan fingerprint density at radius 1 is 0.828 bits per heavy atom. The fourth-order valence-corrected chi connectivity index (χ4v) is 3.13. The third-order valence-corrected chi connectivity index (χ3v) is 4.67. The van der Waals surface area contributed by atoms with E-state index in [1.54, 1.807) is 36.4 Å². The molecule has 0 saturated carbocycles. The van der Waals surface area contributed by atoms with Crippen LogP contribution >= 0.6 is 0 Å².